The van der Waals surface area contributed by atoms with Gasteiger partial charge in [-0.3, -0.25) is 9.59 Å². The Bertz CT molecular complexity index is 1340. The van der Waals surface area contributed by atoms with Gasteiger partial charge in [-0.2, -0.15) is 0 Å². The molecule has 7 heteroatoms. The van der Waals surface area contributed by atoms with Crippen molar-refractivity contribution in [3.8, 4) is 0 Å². The van der Waals surface area contributed by atoms with Crippen LogP contribution in [-0.2, 0) is 6.42 Å². The molecule has 2 aromatic heterocycles. The summed E-state index contributed by atoms with van der Waals surface area (Å²) in [5.74, 6) is -0.435. The summed E-state index contributed by atoms with van der Waals surface area (Å²) in [4.78, 5) is 30.7. The molecule has 0 atom stereocenters. The van der Waals surface area contributed by atoms with Crippen molar-refractivity contribution in [1.82, 2.24) is 14.5 Å². The topological polar surface area (TPSA) is 96.1 Å². The van der Waals surface area contributed by atoms with Crippen molar-refractivity contribution in [1.29, 1.82) is 0 Å². The van der Waals surface area contributed by atoms with E-state index in [-0.39, 0.29) is 11.6 Å². The number of amides is 1. The first-order chi connectivity index (χ1) is 17.6. The van der Waals surface area contributed by atoms with Crippen molar-refractivity contribution >= 4 is 22.5 Å². The minimum Gasteiger partial charge on any atom is -0.385 e. The van der Waals surface area contributed by atoms with E-state index in [9.17, 15) is 9.59 Å². The van der Waals surface area contributed by atoms with E-state index in [1.807, 2.05) is 26.8 Å². The number of H-pyrrole nitrogens is 1. The lowest BCUT2D eigenvalue weighted by atomic mass is 9.96. The number of nitrogens with two attached hydrogens (primary N) is 1. The molecule has 0 fully saturated rings. The largest absolute Gasteiger partial charge is 0.385 e. The summed E-state index contributed by atoms with van der Waals surface area (Å²) in [5.41, 5.74) is 12.7. The third-order valence-corrected chi connectivity index (χ3v) is 7.12. The molecule has 37 heavy (non-hydrogen) atoms. The van der Waals surface area contributed by atoms with Crippen LogP contribution in [0.2, 0.25) is 0 Å². The first-order valence-electron chi connectivity index (χ1n) is 13.3. The molecule has 200 valence electrons. The van der Waals surface area contributed by atoms with Gasteiger partial charge in [0.2, 0.25) is 0 Å². The minimum absolute atomic E-state index is 0.0909. The van der Waals surface area contributed by atoms with E-state index in [2.05, 4.69) is 72.0 Å². The zero-order valence-corrected chi connectivity index (χ0v) is 23.5. The number of aromatic amines is 1. The van der Waals surface area contributed by atoms with Crippen molar-refractivity contribution in [2.24, 2.45) is 5.73 Å². The highest BCUT2D eigenvalue weighted by Gasteiger charge is 2.25. The molecule has 2 heterocycles. The lowest BCUT2D eigenvalue weighted by molar-refractivity contribution is 0.100. The summed E-state index contributed by atoms with van der Waals surface area (Å²) in [7, 11) is 4.11. The average Bonchev–Trinajstić information content (AvgIpc) is 3.11. The highest BCUT2D eigenvalue weighted by molar-refractivity contribution is 6.09. The Balaban J connectivity index is 2.17. The Kier molecular flexibility index (Phi) is 9.38. The Morgan fingerprint density at radius 2 is 1.84 bits per heavy atom. The van der Waals surface area contributed by atoms with Crippen molar-refractivity contribution in [3.05, 3.63) is 74.3 Å². The minimum atomic E-state index is -0.435. The SMILES string of the molecule is CCC(CC)n1c(C)c(C(N)=O)c2c(Cc3c(C)cc(C)[nH]c3=O)cc(NCCC=CCN(C)C)cc21. The molecular weight excluding hydrogens is 462 g/mol. The molecule has 0 aliphatic carbocycles. The van der Waals surface area contributed by atoms with Crippen LogP contribution in [0.25, 0.3) is 10.9 Å². The van der Waals surface area contributed by atoms with Gasteiger partial charge in [0, 0.05) is 53.6 Å². The number of anilines is 1. The van der Waals surface area contributed by atoms with Crippen LogP contribution in [0.1, 0.15) is 77.6 Å². The van der Waals surface area contributed by atoms with Gasteiger partial charge in [0.25, 0.3) is 11.5 Å². The van der Waals surface area contributed by atoms with E-state index >= 15 is 0 Å². The van der Waals surface area contributed by atoms with Crippen molar-refractivity contribution in [3.63, 3.8) is 0 Å². The maximum absolute atomic E-state index is 12.9. The van der Waals surface area contributed by atoms with Gasteiger partial charge in [0.05, 0.1) is 11.1 Å². The first-order valence-corrected chi connectivity index (χ1v) is 13.3. The normalized spacial score (nSPS) is 11.9. The van der Waals surface area contributed by atoms with Crippen LogP contribution in [0.5, 0.6) is 0 Å². The molecule has 3 aromatic rings. The van der Waals surface area contributed by atoms with Gasteiger partial charge in [-0.25, -0.2) is 0 Å². The van der Waals surface area contributed by atoms with Crippen LogP contribution in [0.4, 0.5) is 5.69 Å². The van der Waals surface area contributed by atoms with Crippen molar-refractivity contribution < 1.29 is 4.79 Å². The smallest absolute Gasteiger partial charge is 0.251 e. The molecule has 3 rings (SSSR count). The Morgan fingerprint density at radius 3 is 2.43 bits per heavy atom. The van der Waals surface area contributed by atoms with Gasteiger partial charge in [-0.15, -0.1) is 0 Å². The van der Waals surface area contributed by atoms with Gasteiger partial charge in [0.15, 0.2) is 0 Å². The van der Waals surface area contributed by atoms with E-state index in [1.165, 1.54) is 0 Å². The average molecular weight is 506 g/mol. The second kappa shape index (κ2) is 12.3. The fourth-order valence-electron chi connectivity index (χ4n) is 5.31. The number of primary amides is 1. The molecule has 7 nitrogen and oxygen atoms in total. The van der Waals surface area contributed by atoms with Gasteiger partial charge >= 0.3 is 0 Å². The molecule has 0 aliphatic heterocycles. The number of pyridine rings is 1. The lowest BCUT2D eigenvalue weighted by Crippen LogP contribution is -2.17. The van der Waals surface area contributed by atoms with Crippen LogP contribution >= 0.6 is 0 Å². The molecule has 0 saturated heterocycles. The summed E-state index contributed by atoms with van der Waals surface area (Å²) in [5, 5.41) is 4.42. The molecular formula is C30H43N5O2. The number of aromatic nitrogens is 2. The highest BCUT2D eigenvalue weighted by Crippen LogP contribution is 2.36. The summed E-state index contributed by atoms with van der Waals surface area (Å²) in [6, 6.07) is 6.45. The summed E-state index contributed by atoms with van der Waals surface area (Å²) in [6.45, 7) is 11.9. The Morgan fingerprint density at radius 1 is 1.14 bits per heavy atom. The van der Waals surface area contributed by atoms with Gasteiger partial charge < -0.3 is 25.5 Å². The molecule has 0 radical (unpaired) electrons. The molecule has 1 amide bonds. The molecule has 1 aromatic carbocycles. The molecule has 0 unspecified atom stereocenters. The van der Waals surface area contributed by atoms with E-state index in [0.717, 1.165) is 71.5 Å². The molecule has 0 saturated carbocycles. The van der Waals surface area contributed by atoms with Crippen molar-refractivity contribution in [2.45, 2.75) is 66.3 Å². The monoisotopic (exact) mass is 505 g/mol. The number of benzene rings is 1. The number of nitrogens with one attached hydrogen (secondary N) is 2. The fraction of sp³-hybridized carbons (Fsp3) is 0.467. The van der Waals surface area contributed by atoms with Crippen LogP contribution in [0, 0.1) is 20.8 Å². The Hall–Kier alpha value is -3.32. The van der Waals surface area contributed by atoms with E-state index < -0.39 is 5.91 Å². The van der Waals surface area contributed by atoms with Crippen LogP contribution in [-0.4, -0.2) is 47.5 Å². The molecule has 0 bridgehead atoms. The number of fused-ring (bicyclic) bond motifs is 1. The zero-order valence-electron chi connectivity index (χ0n) is 23.5. The summed E-state index contributed by atoms with van der Waals surface area (Å²) >= 11 is 0. The predicted octanol–water partition coefficient (Wildman–Crippen LogP) is 5.23. The number of aryl methyl sites for hydroxylation is 2. The van der Waals surface area contributed by atoms with Crippen molar-refractivity contribution in [2.75, 3.05) is 32.5 Å². The fourth-order valence-corrected chi connectivity index (χ4v) is 5.31. The van der Waals surface area contributed by atoms with Gasteiger partial charge in [0.1, 0.15) is 0 Å². The first kappa shape index (κ1) is 28.3. The lowest BCUT2D eigenvalue weighted by Gasteiger charge is -2.20. The maximum atomic E-state index is 12.9. The standard InChI is InChI=1S/C30H43N5O2/c1-8-24(9-2)35-21(5)27(29(31)36)28-22(17-25-19(3)15-20(4)33-30(25)37)16-23(18-26(28)35)32-13-11-10-12-14-34(6)7/h10,12,15-16,18,24,32H,8-9,11,13-14,17H2,1-7H3,(H2,31,36)(H,33,37). The quantitative estimate of drug-likeness (QED) is 0.232. The number of hydrogen-bond acceptors (Lipinski definition) is 4. The highest BCUT2D eigenvalue weighted by atomic mass is 16.1. The number of likely N-dealkylation sites (N-methyl/N-ethyl adjacent to an activating group) is 1. The van der Waals surface area contributed by atoms with Crippen LogP contribution < -0.4 is 16.6 Å². The maximum Gasteiger partial charge on any atom is 0.251 e. The second-order valence-electron chi connectivity index (χ2n) is 10.3. The number of hydrogen-bond donors (Lipinski definition) is 3. The van der Waals surface area contributed by atoms with Crippen LogP contribution in [0.3, 0.4) is 0 Å². The number of carbonyl (C=O) groups excluding carboxylic acids is 1. The number of nitrogens with zero attached hydrogens (tertiary/aromatic N) is 2. The number of rotatable bonds is 12. The zero-order chi connectivity index (χ0) is 27.3. The molecule has 0 spiro atoms. The number of carbonyl (C=O) groups is 1. The van der Waals surface area contributed by atoms with E-state index in [0.29, 0.717) is 17.5 Å². The van der Waals surface area contributed by atoms with E-state index in [1.54, 1.807) is 0 Å². The van der Waals surface area contributed by atoms with Crippen LogP contribution in [0.15, 0.2) is 35.1 Å². The summed E-state index contributed by atoms with van der Waals surface area (Å²) < 4.78 is 2.27. The predicted molar refractivity (Wildman–Crippen MR) is 155 cm³/mol. The third-order valence-electron chi connectivity index (χ3n) is 7.12. The third kappa shape index (κ3) is 6.34. The summed E-state index contributed by atoms with van der Waals surface area (Å²) in [6.07, 6.45) is 7.56. The molecule has 0 aliphatic rings. The Labute approximate surface area is 220 Å². The van der Waals surface area contributed by atoms with Gasteiger partial charge in [-0.1, -0.05) is 26.0 Å². The second-order valence-corrected chi connectivity index (χ2v) is 10.3. The van der Waals surface area contributed by atoms with Gasteiger partial charge in [-0.05, 0) is 83.5 Å². The molecule has 4 N–H and O–H groups in total. The van der Waals surface area contributed by atoms with E-state index in [4.69, 9.17) is 5.73 Å².